The van der Waals surface area contributed by atoms with Crippen LogP contribution in [-0.2, 0) is 9.47 Å². The quantitative estimate of drug-likeness (QED) is 0.162. The predicted molar refractivity (Wildman–Crippen MR) is 84.4 cm³/mol. The molecule has 0 saturated heterocycles. The Morgan fingerprint density at radius 1 is 1.26 bits per heavy atom. The lowest BCUT2D eigenvalue weighted by Crippen LogP contribution is -2.37. The van der Waals surface area contributed by atoms with Gasteiger partial charge in [0.15, 0.2) is 0 Å². The zero-order valence-corrected chi connectivity index (χ0v) is 14.6. The van der Waals surface area contributed by atoms with E-state index in [0.717, 1.165) is 12.3 Å². The second-order valence-corrected chi connectivity index (χ2v) is 11.7. The van der Waals surface area contributed by atoms with Crippen LogP contribution in [0.1, 0.15) is 6.92 Å². The molecule has 0 heterocycles. The van der Waals surface area contributed by atoms with Crippen molar-refractivity contribution in [2.24, 2.45) is 0 Å². The molecule has 0 aromatic rings. The molecule has 0 aliphatic heterocycles. The third-order valence-electron chi connectivity index (χ3n) is 2.73. The highest BCUT2D eigenvalue weighted by atomic mass is 28.3. The Balaban J connectivity index is 4.35. The number of ether oxygens (including phenoxy) is 2. The largest absolute Gasteiger partial charge is 0.497 e. The van der Waals surface area contributed by atoms with Crippen LogP contribution in [0.3, 0.4) is 0 Å². The van der Waals surface area contributed by atoms with Crippen LogP contribution in [0.15, 0.2) is 24.1 Å². The molecule has 0 unspecified atom stereocenters. The molecule has 0 atom stereocenters. The fourth-order valence-electron chi connectivity index (χ4n) is 1.43. The zero-order valence-electron chi connectivity index (χ0n) is 13.6. The SMILES string of the molecule is C=C(/C=C(\C)N(COCC[Si](C)(C)C)N(C)C)OC. The van der Waals surface area contributed by atoms with Crippen LogP contribution in [0.25, 0.3) is 0 Å². The van der Waals surface area contributed by atoms with E-state index in [1.165, 1.54) is 6.04 Å². The molecule has 0 spiro atoms. The van der Waals surface area contributed by atoms with Gasteiger partial charge in [0.2, 0.25) is 0 Å². The van der Waals surface area contributed by atoms with E-state index in [-0.39, 0.29) is 0 Å². The van der Waals surface area contributed by atoms with Crippen LogP contribution in [0, 0.1) is 0 Å². The lowest BCUT2D eigenvalue weighted by molar-refractivity contribution is -0.0493. The van der Waals surface area contributed by atoms with Gasteiger partial charge in [-0.05, 0) is 19.0 Å². The Kier molecular flexibility index (Phi) is 8.05. The van der Waals surface area contributed by atoms with Crippen molar-refractivity contribution in [3.63, 3.8) is 0 Å². The van der Waals surface area contributed by atoms with Gasteiger partial charge in [-0.3, -0.25) is 5.01 Å². The molecular formula is C14H30N2O2Si. The summed E-state index contributed by atoms with van der Waals surface area (Å²) in [7, 11) is 4.59. The summed E-state index contributed by atoms with van der Waals surface area (Å²) in [5, 5.41) is 4.05. The Bertz CT molecular complexity index is 309. The second-order valence-electron chi connectivity index (χ2n) is 6.05. The second kappa shape index (κ2) is 8.40. The number of hydrazine groups is 1. The van der Waals surface area contributed by atoms with Crippen LogP contribution in [0.2, 0.25) is 25.7 Å². The first-order valence-electron chi connectivity index (χ1n) is 6.61. The summed E-state index contributed by atoms with van der Waals surface area (Å²) in [5.74, 6) is 0.645. The van der Waals surface area contributed by atoms with E-state index >= 15 is 0 Å². The molecular weight excluding hydrogens is 256 g/mol. The van der Waals surface area contributed by atoms with Gasteiger partial charge in [-0.1, -0.05) is 26.2 Å². The number of hydrogen-bond acceptors (Lipinski definition) is 4. The first-order valence-corrected chi connectivity index (χ1v) is 10.3. The van der Waals surface area contributed by atoms with Crippen molar-refractivity contribution in [3.05, 3.63) is 24.1 Å². The van der Waals surface area contributed by atoms with E-state index in [4.69, 9.17) is 9.47 Å². The summed E-state index contributed by atoms with van der Waals surface area (Å²) in [4.78, 5) is 0. The summed E-state index contributed by atoms with van der Waals surface area (Å²) in [6.45, 7) is 14.3. The van der Waals surface area contributed by atoms with E-state index in [2.05, 4.69) is 31.2 Å². The van der Waals surface area contributed by atoms with Crippen LogP contribution in [0.5, 0.6) is 0 Å². The van der Waals surface area contributed by atoms with E-state index in [9.17, 15) is 0 Å². The van der Waals surface area contributed by atoms with Crippen LogP contribution in [-0.4, -0.2) is 52.6 Å². The highest BCUT2D eigenvalue weighted by Gasteiger charge is 2.13. The molecule has 0 aliphatic rings. The molecule has 0 fully saturated rings. The maximum atomic E-state index is 5.78. The number of methoxy groups -OCH3 is 1. The molecule has 0 aromatic carbocycles. The first-order chi connectivity index (χ1) is 8.67. The summed E-state index contributed by atoms with van der Waals surface area (Å²) in [6.07, 6.45) is 1.90. The van der Waals surface area contributed by atoms with E-state index in [1.807, 2.05) is 32.1 Å². The molecule has 112 valence electrons. The van der Waals surface area contributed by atoms with Crippen LogP contribution < -0.4 is 0 Å². The van der Waals surface area contributed by atoms with Gasteiger partial charge >= 0.3 is 0 Å². The molecule has 0 N–H and O–H groups in total. The maximum Gasteiger partial charge on any atom is 0.133 e. The number of hydrogen-bond donors (Lipinski definition) is 0. The van der Waals surface area contributed by atoms with E-state index in [1.54, 1.807) is 7.11 Å². The molecule has 0 saturated carbocycles. The highest BCUT2D eigenvalue weighted by Crippen LogP contribution is 2.11. The smallest absolute Gasteiger partial charge is 0.133 e. The van der Waals surface area contributed by atoms with Crippen molar-refractivity contribution in [2.45, 2.75) is 32.6 Å². The van der Waals surface area contributed by atoms with Gasteiger partial charge in [-0.2, -0.15) is 0 Å². The number of rotatable bonds is 9. The zero-order chi connectivity index (χ0) is 15.1. The topological polar surface area (TPSA) is 24.9 Å². The van der Waals surface area contributed by atoms with Crippen LogP contribution in [0.4, 0.5) is 0 Å². The Morgan fingerprint density at radius 2 is 1.84 bits per heavy atom. The monoisotopic (exact) mass is 286 g/mol. The summed E-state index contributed by atoms with van der Waals surface area (Å²) in [6, 6.07) is 1.18. The van der Waals surface area contributed by atoms with Crippen molar-refractivity contribution < 1.29 is 9.47 Å². The lowest BCUT2D eigenvalue weighted by Gasteiger charge is -2.31. The van der Waals surface area contributed by atoms with Gasteiger partial charge in [-0.15, -0.1) is 0 Å². The van der Waals surface area contributed by atoms with Crippen LogP contribution >= 0.6 is 0 Å². The molecule has 0 radical (unpaired) electrons. The maximum absolute atomic E-state index is 5.78. The molecule has 0 aliphatic carbocycles. The van der Waals surface area contributed by atoms with E-state index < -0.39 is 8.07 Å². The molecule has 4 nitrogen and oxygen atoms in total. The lowest BCUT2D eigenvalue weighted by atomic mass is 10.4. The third kappa shape index (κ3) is 8.86. The van der Waals surface area contributed by atoms with Crippen molar-refractivity contribution in [2.75, 3.05) is 34.5 Å². The number of allylic oxidation sites excluding steroid dienone is 2. The Hall–Kier alpha value is -0.783. The van der Waals surface area contributed by atoms with Crippen molar-refractivity contribution >= 4 is 8.07 Å². The fraction of sp³-hybridized carbons (Fsp3) is 0.714. The minimum absolute atomic E-state index is 0.552. The standard InChI is InChI=1S/C14H30N2O2Si/c1-13(11-14(2)17-5)16(15(3)4)12-18-9-10-19(6,7)8/h11H,2,9-10,12H2,1,3-8H3/b13-11+. The molecule has 0 rings (SSSR count). The van der Waals surface area contributed by atoms with Crippen molar-refractivity contribution in [1.82, 2.24) is 10.0 Å². The summed E-state index contributed by atoms with van der Waals surface area (Å²) >= 11 is 0. The average Bonchev–Trinajstić information content (AvgIpc) is 2.26. The first kappa shape index (κ1) is 18.2. The average molecular weight is 286 g/mol. The minimum atomic E-state index is -1.02. The highest BCUT2D eigenvalue weighted by molar-refractivity contribution is 6.76. The van der Waals surface area contributed by atoms with Gasteiger partial charge in [-0.25, -0.2) is 5.01 Å². The van der Waals surface area contributed by atoms with Gasteiger partial charge in [0, 0.05) is 34.5 Å². The van der Waals surface area contributed by atoms with Crippen molar-refractivity contribution in [3.8, 4) is 0 Å². The third-order valence-corrected chi connectivity index (χ3v) is 4.44. The molecule has 19 heavy (non-hydrogen) atoms. The Morgan fingerprint density at radius 3 is 2.26 bits per heavy atom. The van der Waals surface area contributed by atoms with E-state index in [0.29, 0.717) is 12.5 Å². The van der Waals surface area contributed by atoms with Gasteiger partial charge in [0.25, 0.3) is 0 Å². The van der Waals surface area contributed by atoms with Gasteiger partial charge in [0.1, 0.15) is 12.5 Å². The molecule has 0 bridgehead atoms. The summed E-state index contributed by atoms with van der Waals surface area (Å²) in [5.41, 5.74) is 1.05. The van der Waals surface area contributed by atoms with Crippen molar-refractivity contribution in [1.29, 1.82) is 0 Å². The molecule has 5 heteroatoms. The molecule has 0 aromatic heterocycles. The van der Waals surface area contributed by atoms with Gasteiger partial charge in [0.05, 0.1) is 7.11 Å². The predicted octanol–water partition coefficient (Wildman–Crippen LogP) is 3.14. The fourth-order valence-corrected chi connectivity index (χ4v) is 2.19. The number of nitrogens with zero attached hydrogens (tertiary/aromatic N) is 2. The normalized spacial score (nSPS) is 12.7. The summed E-state index contributed by atoms with van der Waals surface area (Å²) < 4.78 is 10.8. The van der Waals surface area contributed by atoms with Gasteiger partial charge < -0.3 is 9.47 Å². The molecule has 0 amide bonds. The Labute approximate surface area is 119 Å². The minimum Gasteiger partial charge on any atom is -0.497 e.